The summed E-state index contributed by atoms with van der Waals surface area (Å²) in [6.45, 7) is 17.2. The topological polar surface area (TPSA) is 100 Å². The number of aryl methyl sites for hydroxylation is 1. The molecule has 4 unspecified atom stereocenters. The molecule has 1 aromatic rings. The first-order chi connectivity index (χ1) is 17.6. The lowest BCUT2D eigenvalue weighted by Crippen LogP contribution is -2.41. The summed E-state index contributed by atoms with van der Waals surface area (Å²) in [6.07, 6.45) is 8.60. The van der Waals surface area contributed by atoms with Crippen LogP contribution in [0.1, 0.15) is 74.3 Å². The van der Waals surface area contributed by atoms with Crippen LogP contribution in [0.15, 0.2) is 35.9 Å². The zero-order valence-corrected chi connectivity index (χ0v) is 24.6. The van der Waals surface area contributed by atoms with E-state index in [1.807, 2.05) is 66.4 Å². The monoisotopic (exact) mass is 549 g/mol. The lowest BCUT2D eigenvalue weighted by Gasteiger charge is -2.37. The van der Waals surface area contributed by atoms with Crippen LogP contribution in [0.3, 0.4) is 0 Å². The third kappa shape index (κ3) is 10.3. The molecular weight excluding hydrogens is 502 g/mol. The van der Waals surface area contributed by atoms with Crippen LogP contribution in [-0.2, 0) is 9.47 Å². The van der Waals surface area contributed by atoms with Gasteiger partial charge in [0.2, 0.25) is 0 Å². The molecule has 8 nitrogen and oxygen atoms in total. The number of likely N-dealkylation sites (tertiary alicyclic amines) is 1. The Morgan fingerprint density at radius 2 is 1.87 bits per heavy atom. The lowest BCUT2D eigenvalue weighted by molar-refractivity contribution is -0.0393. The average molecular weight is 550 g/mol. The highest BCUT2D eigenvalue weighted by Crippen LogP contribution is 2.42. The Hall–Kier alpha value is -2.63. The summed E-state index contributed by atoms with van der Waals surface area (Å²) in [5.41, 5.74) is 2.09. The molecule has 1 amide bonds. The Balaban J connectivity index is 0.000000624. The first-order valence-corrected chi connectivity index (χ1v) is 13.5. The predicted octanol–water partition coefficient (Wildman–Crippen LogP) is 7.12. The summed E-state index contributed by atoms with van der Waals surface area (Å²) in [4.78, 5) is 21.7. The maximum absolute atomic E-state index is 11.8. The van der Waals surface area contributed by atoms with E-state index in [2.05, 4.69) is 21.4 Å². The molecule has 1 saturated carbocycles. The molecule has 38 heavy (non-hydrogen) atoms. The first-order valence-electron chi connectivity index (χ1n) is 13.1. The number of aromatic nitrogens is 2. The molecule has 214 valence electrons. The van der Waals surface area contributed by atoms with Crippen molar-refractivity contribution in [3.63, 3.8) is 0 Å². The summed E-state index contributed by atoms with van der Waals surface area (Å²) in [5.74, 6) is 1.89. The number of rotatable bonds is 3. The van der Waals surface area contributed by atoms with E-state index in [1.165, 1.54) is 6.33 Å². The largest absolute Gasteiger partial charge is 0.444 e. The van der Waals surface area contributed by atoms with Crippen molar-refractivity contribution < 1.29 is 14.3 Å². The second-order valence-corrected chi connectivity index (χ2v) is 10.1. The van der Waals surface area contributed by atoms with Gasteiger partial charge in [-0.2, -0.15) is 5.26 Å². The SMILES string of the molecule is C.CC.CC.COC1CC2CN(C(=O)OC(C)(C)C)CC21.Cc1cncnc1NC1=CC=C(C#N)CC1Cl. The number of carbonyl (C=O) groups excluding carboxylic acids is 1. The third-order valence-electron chi connectivity index (χ3n) is 5.96. The number of carbonyl (C=O) groups is 1. The zero-order valence-electron chi connectivity index (χ0n) is 23.8. The molecule has 0 radical (unpaired) electrons. The van der Waals surface area contributed by atoms with Crippen LogP contribution in [-0.4, -0.2) is 58.2 Å². The van der Waals surface area contributed by atoms with Crippen LogP contribution in [0.25, 0.3) is 0 Å². The molecule has 0 spiro atoms. The quantitative estimate of drug-likeness (QED) is 0.400. The van der Waals surface area contributed by atoms with Crippen molar-refractivity contribution >= 4 is 23.5 Å². The maximum atomic E-state index is 11.8. The van der Waals surface area contributed by atoms with E-state index >= 15 is 0 Å². The van der Waals surface area contributed by atoms with Crippen LogP contribution in [0, 0.1) is 30.1 Å². The molecule has 1 N–H and O–H groups in total. The van der Waals surface area contributed by atoms with E-state index < -0.39 is 5.60 Å². The molecule has 0 aromatic carbocycles. The Kier molecular flexibility index (Phi) is 15.9. The van der Waals surface area contributed by atoms with Crippen molar-refractivity contribution in [3.8, 4) is 6.07 Å². The predicted molar refractivity (Wildman–Crippen MR) is 156 cm³/mol. The highest BCUT2D eigenvalue weighted by atomic mass is 35.5. The molecule has 4 atom stereocenters. The number of alkyl halides is 1. The lowest BCUT2D eigenvalue weighted by atomic mass is 9.73. The fourth-order valence-corrected chi connectivity index (χ4v) is 4.42. The Morgan fingerprint density at radius 1 is 1.21 bits per heavy atom. The van der Waals surface area contributed by atoms with E-state index in [4.69, 9.17) is 26.3 Å². The normalized spacial score (nSPS) is 22.8. The van der Waals surface area contributed by atoms with Gasteiger partial charge in [0, 0.05) is 55.6 Å². The van der Waals surface area contributed by atoms with Crippen molar-refractivity contribution in [2.24, 2.45) is 11.8 Å². The fourth-order valence-electron chi connectivity index (χ4n) is 4.13. The zero-order chi connectivity index (χ0) is 28.2. The van der Waals surface area contributed by atoms with E-state index in [9.17, 15) is 4.79 Å². The van der Waals surface area contributed by atoms with Crippen LogP contribution >= 0.6 is 11.6 Å². The average Bonchev–Trinajstić information content (AvgIpc) is 3.21. The van der Waals surface area contributed by atoms with E-state index in [0.717, 1.165) is 36.6 Å². The number of fused-ring (bicyclic) bond motifs is 1. The van der Waals surface area contributed by atoms with E-state index in [1.54, 1.807) is 19.4 Å². The number of allylic oxidation sites excluding steroid dienone is 4. The molecule has 2 aliphatic carbocycles. The minimum absolute atomic E-state index is 0. The molecule has 2 heterocycles. The van der Waals surface area contributed by atoms with Gasteiger partial charge in [0.25, 0.3) is 0 Å². The summed E-state index contributed by atoms with van der Waals surface area (Å²) in [5, 5.41) is 11.7. The second-order valence-electron chi connectivity index (χ2n) is 9.60. The third-order valence-corrected chi connectivity index (χ3v) is 6.35. The number of nitriles is 1. The molecule has 1 saturated heterocycles. The van der Waals surface area contributed by atoms with Gasteiger partial charge in [-0.05, 0) is 52.2 Å². The standard InChI is InChI=1S/C12H11ClN4.C12H21NO3.2C2H6.CH4/c1-8-6-15-7-16-12(8)17-11-3-2-9(5-14)4-10(11)13;1-12(2,3)16-11(14)13-6-8-5-10(15-4)9(8)7-13;2*1-2;/h2-3,6-7,10H,4H2,1H3,(H,15,16,17);8-10H,5-7H2,1-4H3;2*1-2H3;1H4. The minimum Gasteiger partial charge on any atom is -0.444 e. The van der Waals surface area contributed by atoms with E-state index in [-0.39, 0.29) is 18.9 Å². The van der Waals surface area contributed by atoms with Crippen LogP contribution in [0.5, 0.6) is 0 Å². The van der Waals surface area contributed by atoms with Crippen molar-refractivity contribution in [3.05, 3.63) is 41.5 Å². The number of nitrogens with zero attached hydrogens (tertiary/aromatic N) is 4. The minimum atomic E-state index is -0.403. The number of nitrogens with one attached hydrogen (secondary N) is 1. The van der Waals surface area contributed by atoms with Gasteiger partial charge in [-0.15, -0.1) is 11.6 Å². The molecular formula is C29H48ClN5O3. The van der Waals surface area contributed by atoms with Gasteiger partial charge < -0.3 is 19.7 Å². The van der Waals surface area contributed by atoms with Crippen molar-refractivity contribution in [1.82, 2.24) is 14.9 Å². The van der Waals surface area contributed by atoms with Gasteiger partial charge in [-0.3, -0.25) is 0 Å². The van der Waals surface area contributed by atoms with Crippen molar-refractivity contribution in [1.29, 1.82) is 5.26 Å². The number of hydrogen-bond acceptors (Lipinski definition) is 7. The summed E-state index contributed by atoms with van der Waals surface area (Å²) in [6, 6.07) is 2.11. The first kappa shape index (κ1) is 35.4. The van der Waals surface area contributed by atoms with E-state index in [0.29, 0.717) is 29.9 Å². The molecule has 0 bridgehead atoms. The smallest absolute Gasteiger partial charge is 0.410 e. The number of ether oxygens (including phenoxy) is 2. The molecule has 4 rings (SSSR count). The summed E-state index contributed by atoms with van der Waals surface area (Å²) in [7, 11) is 1.75. The van der Waals surface area contributed by atoms with Gasteiger partial charge in [0.05, 0.1) is 17.6 Å². The Labute approximate surface area is 235 Å². The number of anilines is 1. The molecule has 1 aliphatic heterocycles. The van der Waals surface area contributed by atoms with Gasteiger partial charge in [-0.25, -0.2) is 14.8 Å². The van der Waals surface area contributed by atoms with Crippen molar-refractivity contribution in [2.75, 3.05) is 25.5 Å². The van der Waals surface area contributed by atoms with Gasteiger partial charge in [-0.1, -0.05) is 35.1 Å². The van der Waals surface area contributed by atoms with Crippen LogP contribution < -0.4 is 5.32 Å². The fraction of sp³-hybridized carbons (Fsp3) is 0.655. The molecule has 1 aromatic heterocycles. The number of halogens is 1. The number of amides is 1. The Bertz CT molecular complexity index is 968. The van der Waals surface area contributed by atoms with Gasteiger partial charge >= 0.3 is 6.09 Å². The van der Waals surface area contributed by atoms with Crippen LogP contribution in [0.2, 0.25) is 0 Å². The van der Waals surface area contributed by atoms with Crippen molar-refractivity contribution in [2.45, 2.75) is 92.7 Å². The summed E-state index contributed by atoms with van der Waals surface area (Å²) >= 11 is 6.19. The van der Waals surface area contributed by atoms with Crippen LogP contribution in [0.4, 0.5) is 10.6 Å². The molecule has 9 heteroatoms. The van der Waals surface area contributed by atoms with Gasteiger partial charge in [0.15, 0.2) is 0 Å². The maximum Gasteiger partial charge on any atom is 0.410 e. The number of methoxy groups -OCH3 is 1. The highest BCUT2D eigenvalue weighted by Gasteiger charge is 2.49. The molecule has 2 fully saturated rings. The highest BCUT2D eigenvalue weighted by molar-refractivity contribution is 6.23. The van der Waals surface area contributed by atoms with Gasteiger partial charge in [0.1, 0.15) is 17.7 Å². The number of hydrogen-bond donors (Lipinski definition) is 1. The second kappa shape index (κ2) is 17.1. The summed E-state index contributed by atoms with van der Waals surface area (Å²) < 4.78 is 10.7. The molecule has 3 aliphatic rings. The Morgan fingerprint density at radius 3 is 2.39 bits per heavy atom.